The maximum Gasteiger partial charge on any atom is 0.410 e. The van der Waals surface area contributed by atoms with E-state index >= 15 is 0 Å². The minimum absolute atomic E-state index is 0. The van der Waals surface area contributed by atoms with Crippen LogP contribution in [0.5, 0.6) is 0 Å². The van der Waals surface area contributed by atoms with E-state index in [9.17, 15) is 9.59 Å². The average Bonchev–Trinajstić information content (AvgIpc) is 3.27. The molecule has 0 radical (unpaired) electrons. The Bertz CT molecular complexity index is 890. The zero-order valence-electron chi connectivity index (χ0n) is 20.9. The number of nitrogens with zero attached hydrogens (tertiary/aromatic N) is 2. The van der Waals surface area contributed by atoms with Crippen LogP contribution in [0.15, 0.2) is 24.3 Å². The van der Waals surface area contributed by atoms with E-state index < -0.39 is 0 Å². The van der Waals surface area contributed by atoms with Gasteiger partial charge in [0.15, 0.2) is 0 Å². The number of amides is 2. The van der Waals surface area contributed by atoms with Crippen LogP contribution in [0.25, 0.3) is 0 Å². The van der Waals surface area contributed by atoms with Crippen molar-refractivity contribution in [3.8, 4) is 0 Å². The number of ether oxygens (including phenoxy) is 1. The number of carbonyl (C=O) groups excluding carboxylic acids is 2. The molecule has 1 spiro atoms. The lowest BCUT2D eigenvalue weighted by Gasteiger charge is -2.49. The number of hydrogen-bond acceptors (Lipinski definition) is 4. The lowest BCUT2D eigenvalue weighted by atomic mass is 9.63. The highest BCUT2D eigenvalue weighted by molar-refractivity contribution is 5.73. The van der Waals surface area contributed by atoms with Gasteiger partial charge in [-0.2, -0.15) is 0 Å². The highest BCUT2D eigenvalue weighted by Gasteiger charge is 2.44. The first kappa shape index (κ1) is 23.7. The third-order valence-electron chi connectivity index (χ3n) is 9.23. The second kappa shape index (κ2) is 9.88. The van der Waals surface area contributed by atoms with Crippen molar-refractivity contribution < 1.29 is 17.2 Å². The van der Waals surface area contributed by atoms with Gasteiger partial charge in [-0.3, -0.25) is 4.79 Å². The van der Waals surface area contributed by atoms with E-state index in [0.717, 1.165) is 51.6 Å². The van der Waals surface area contributed by atoms with E-state index in [4.69, 9.17) is 4.74 Å². The first-order valence-electron chi connectivity index (χ1n) is 13.6. The Balaban J connectivity index is 0.00000180. The number of benzene rings is 1. The average molecular weight is 472 g/mol. The Kier molecular flexibility index (Phi) is 6.88. The second-order valence-electron chi connectivity index (χ2n) is 11.0. The summed E-state index contributed by atoms with van der Waals surface area (Å²) >= 11 is 0. The van der Waals surface area contributed by atoms with Crippen molar-refractivity contribution in [1.82, 2.24) is 15.1 Å². The van der Waals surface area contributed by atoms with Crippen LogP contribution in [-0.4, -0.2) is 59.6 Å². The van der Waals surface area contributed by atoms with Crippen molar-refractivity contribution in [2.24, 2.45) is 0 Å². The first-order chi connectivity index (χ1) is 16.5. The molecule has 2 amide bonds. The minimum atomic E-state index is -0.0955. The minimum Gasteiger partial charge on any atom is -0.450 e. The van der Waals surface area contributed by atoms with E-state index in [1.807, 2.05) is 6.92 Å². The normalized spacial score (nSPS) is 30.8. The largest absolute Gasteiger partial charge is 0.450 e. The maximum absolute atomic E-state index is 12.5. The first-order valence-corrected chi connectivity index (χ1v) is 13.6. The van der Waals surface area contributed by atoms with Crippen LogP contribution in [0.4, 0.5) is 4.79 Å². The maximum atomic E-state index is 12.5. The summed E-state index contributed by atoms with van der Waals surface area (Å²) in [6.45, 7) is 6.29. The van der Waals surface area contributed by atoms with E-state index in [1.165, 1.54) is 36.8 Å². The molecule has 0 aromatic heterocycles. The molecular formula is C28H45N3O3. The van der Waals surface area contributed by atoms with Crippen molar-refractivity contribution in [1.29, 1.82) is 0 Å². The molecular weight excluding hydrogens is 426 g/mol. The highest BCUT2D eigenvalue weighted by Crippen LogP contribution is 2.48. The van der Waals surface area contributed by atoms with Gasteiger partial charge in [-0.25, -0.2) is 4.79 Å². The van der Waals surface area contributed by atoms with E-state index in [1.54, 1.807) is 6.92 Å². The van der Waals surface area contributed by atoms with Crippen molar-refractivity contribution in [3.05, 3.63) is 35.4 Å². The van der Waals surface area contributed by atoms with Crippen LogP contribution in [0.3, 0.4) is 0 Å². The van der Waals surface area contributed by atoms with Crippen LogP contribution >= 0.6 is 0 Å². The van der Waals surface area contributed by atoms with Crippen LogP contribution in [0, 0.1) is 0 Å². The predicted molar refractivity (Wildman–Crippen MR) is 137 cm³/mol. The fourth-order valence-corrected chi connectivity index (χ4v) is 7.53. The number of hydrogen-bond donors (Lipinski definition) is 1. The molecule has 4 aliphatic rings. The number of nitrogens with one attached hydrogen (secondary N) is 1. The molecule has 0 saturated carbocycles. The predicted octanol–water partition coefficient (Wildman–Crippen LogP) is 5.42. The molecule has 1 N–H and O–H groups in total. The van der Waals surface area contributed by atoms with Gasteiger partial charge in [0.05, 0.1) is 12.6 Å². The van der Waals surface area contributed by atoms with Gasteiger partial charge in [0, 0.05) is 27.9 Å². The molecule has 190 valence electrons. The summed E-state index contributed by atoms with van der Waals surface area (Å²) < 4.78 is 5.38. The molecule has 3 atom stereocenters. The fourth-order valence-electron chi connectivity index (χ4n) is 7.53. The Hall–Kier alpha value is -2.08. The number of likely N-dealkylation sites (tertiary alicyclic amines) is 1. The molecule has 3 fully saturated rings. The summed E-state index contributed by atoms with van der Waals surface area (Å²) in [5.74, 6) is 0.0605. The fraction of sp³-hybridized carbons (Fsp3) is 0.714. The Morgan fingerprint density at radius 1 is 0.971 bits per heavy atom. The van der Waals surface area contributed by atoms with Gasteiger partial charge in [0.25, 0.3) is 0 Å². The lowest BCUT2D eigenvalue weighted by Crippen LogP contribution is -2.51. The van der Waals surface area contributed by atoms with E-state index in [2.05, 4.69) is 39.4 Å². The molecule has 6 heteroatoms. The molecule has 5 rings (SSSR count). The SMILES string of the molecule is CCOC(=O)N1C2CCC(N3CCC4(CC[C@@H](NC(C)=O)c5ccccc54)CC3)CCC1CC2.[HH].[HH]. The van der Waals surface area contributed by atoms with Gasteiger partial charge in [-0.1, -0.05) is 24.3 Å². The summed E-state index contributed by atoms with van der Waals surface area (Å²) in [7, 11) is 0. The van der Waals surface area contributed by atoms with Crippen molar-refractivity contribution in [2.45, 2.75) is 108 Å². The summed E-state index contributed by atoms with van der Waals surface area (Å²) in [6, 6.07) is 10.3. The monoisotopic (exact) mass is 471 g/mol. The third-order valence-corrected chi connectivity index (χ3v) is 9.23. The summed E-state index contributed by atoms with van der Waals surface area (Å²) in [4.78, 5) is 29.1. The molecule has 6 nitrogen and oxygen atoms in total. The second-order valence-corrected chi connectivity index (χ2v) is 11.0. The molecule has 3 saturated heterocycles. The lowest BCUT2D eigenvalue weighted by molar-refractivity contribution is -0.119. The summed E-state index contributed by atoms with van der Waals surface area (Å²) in [6.07, 6.45) is 11.3. The molecule has 1 aliphatic carbocycles. The molecule has 2 bridgehead atoms. The summed E-state index contributed by atoms with van der Waals surface area (Å²) in [5, 5.41) is 3.18. The Labute approximate surface area is 207 Å². The molecule has 3 heterocycles. The van der Waals surface area contributed by atoms with Gasteiger partial charge in [-0.05, 0) is 101 Å². The van der Waals surface area contributed by atoms with E-state index in [-0.39, 0.29) is 26.3 Å². The molecule has 2 unspecified atom stereocenters. The zero-order chi connectivity index (χ0) is 23.7. The Morgan fingerprint density at radius 2 is 1.59 bits per heavy atom. The van der Waals surface area contributed by atoms with Gasteiger partial charge >= 0.3 is 6.09 Å². The van der Waals surface area contributed by atoms with Crippen molar-refractivity contribution in [2.75, 3.05) is 19.7 Å². The number of rotatable bonds is 3. The molecule has 1 aromatic rings. The van der Waals surface area contributed by atoms with Gasteiger partial charge < -0.3 is 19.9 Å². The highest BCUT2D eigenvalue weighted by atomic mass is 16.6. The third kappa shape index (κ3) is 4.46. The molecule has 3 aliphatic heterocycles. The van der Waals surface area contributed by atoms with Crippen molar-refractivity contribution >= 4 is 12.0 Å². The van der Waals surface area contributed by atoms with E-state index in [0.29, 0.717) is 24.7 Å². The quantitative estimate of drug-likeness (QED) is 0.640. The zero-order valence-corrected chi connectivity index (χ0v) is 20.9. The standard InChI is InChI=1S/C28H41N3O3.2H2/c1-3-34-27(33)31-22-10-8-21(9-11-23(31)13-12-22)30-18-16-28(17-19-30)15-14-26(29-20(2)32)24-6-4-5-7-25(24)28;;/h4-7,21-23,26H,3,8-19H2,1-2H3,(H,29,32);2*1H/t21?,22?,23?,26-;;/m1../s1. The van der Waals surface area contributed by atoms with Crippen molar-refractivity contribution in [3.63, 3.8) is 0 Å². The van der Waals surface area contributed by atoms with Crippen LogP contribution < -0.4 is 5.32 Å². The van der Waals surface area contributed by atoms with Gasteiger partial charge in [0.2, 0.25) is 5.91 Å². The number of carbonyl (C=O) groups is 2. The van der Waals surface area contributed by atoms with Gasteiger partial charge in [0.1, 0.15) is 0 Å². The molecule has 34 heavy (non-hydrogen) atoms. The Morgan fingerprint density at radius 3 is 2.21 bits per heavy atom. The van der Waals surface area contributed by atoms with Gasteiger partial charge in [-0.15, -0.1) is 0 Å². The number of fused-ring (bicyclic) bond motifs is 4. The summed E-state index contributed by atoms with van der Waals surface area (Å²) in [5.41, 5.74) is 3.06. The van der Waals surface area contributed by atoms with Crippen LogP contribution in [0.1, 0.15) is 98.1 Å². The van der Waals surface area contributed by atoms with Crippen LogP contribution in [0.2, 0.25) is 0 Å². The smallest absolute Gasteiger partial charge is 0.410 e. The topological polar surface area (TPSA) is 61.9 Å². The van der Waals surface area contributed by atoms with Crippen LogP contribution in [-0.2, 0) is 14.9 Å². The number of piperidine rings is 1. The molecule has 1 aromatic carbocycles.